The van der Waals surface area contributed by atoms with Crippen LogP contribution < -0.4 is 0 Å². The van der Waals surface area contributed by atoms with E-state index >= 15 is 0 Å². The average molecular weight is 207 g/mol. The van der Waals surface area contributed by atoms with Crippen LogP contribution in [0.3, 0.4) is 0 Å². The smallest absolute Gasteiger partial charge is 0.332 e. The Labute approximate surface area is 85.9 Å². The Morgan fingerprint density at radius 3 is 2.08 bits per heavy atom. The highest BCUT2D eigenvalue weighted by atomic mass is 35.5. The normalized spacial score (nSPS) is 8.31. The molecule has 0 aliphatic carbocycles. The van der Waals surface area contributed by atoms with E-state index in [0.29, 0.717) is 5.57 Å². The highest BCUT2D eigenvalue weighted by Crippen LogP contribution is 1.93. The number of methoxy groups -OCH3 is 1. The molecule has 0 amide bonds. The van der Waals surface area contributed by atoms with Gasteiger partial charge in [-0.1, -0.05) is 26.3 Å². The lowest BCUT2D eigenvalue weighted by atomic mass is 10.3. The Bertz CT molecular complexity index is 140. The van der Waals surface area contributed by atoms with Gasteiger partial charge in [0.2, 0.25) is 0 Å². The molecule has 0 saturated heterocycles. The molecule has 0 unspecified atom stereocenters. The van der Waals surface area contributed by atoms with Crippen molar-refractivity contribution >= 4 is 17.6 Å². The fourth-order valence-electron chi connectivity index (χ4n) is 0.519. The van der Waals surface area contributed by atoms with Gasteiger partial charge in [0.15, 0.2) is 0 Å². The Balaban J connectivity index is 0. The molecule has 0 aliphatic rings. The monoisotopic (exact) mass is 206 g/mol. The van der Waals surface area contributed by atoms with Gasteiger partial charge < -0.3 is 4.74 Å². The molecule has 0 bridgehead atoms. The third-order valence-electron chi connectivity index (χ3n) is 1.27. The molecule has 0 rings (SSSR count). The van der Waals surface area contributed by atoms with E-state index in [0.717, 1.165) is 5.88 Å². The molecule has 3 heteroatoms. The summed E-state index contributed by atoms with van der Waals surface area (Å²) in [7, 11) is 1.33. The van der Waals surface area contributed by atoms with Crippen LogP contribution >= 0.6 is 11.6 Å². The maximum atomic E-state index is 10.2. The topological polar surface area (TPSA) is 26.3 Å². The summed E-state index contributed by atoms with van der Waals surface area (Å²) in [6.45, 7) is 7.13. The molecule has 13 heavy (non-hydrogen) atoms. The zero-order valence-corrected chi connectivity index (χ0v) is 9.49. The van der Waals surface area contributed by atoms with Crippen LogP contribution in [0.15, 0.2) is 12.2 Å². The van der Waals surface area contributed by atoms with Crippen LogP contribution in [0, 0.1) is 0 Å². The average Bonchev–Trinajstić information content (AvgIpc) is 2.14. The SMILES string of the molecule is C=C(C)C(=O)OC.CCCCCCl. The summed E-state index contributed by atoms with van der Waals surface area (Å²) in [6, 6.07) is 0. The van der Waals surface area contributed by atoms with Gasteiger partial charge in [0, 0.05) is 11.5 Å². The van der Waals surface area contributed by atoms with Crippen molar-refractivity contribution in [2.45, 2.75) is 33.1 Å². The van der Waals surface area contributed by atoms with E-state index in [-0.39, 0.29) is 5.97 Å². The Kier molecular flexibility index (Phi) is 13.3. The molecule has 0 aromatic carbocycles. The molecule has 0 saturated carbocycles. The summed E-state index contributed by atoms with van der Waals surface area (Å²) < 4.78 is 4.27. The van der Waals surface area contributed by atoms with Gasteiger partial charge in [0.05, 0.1) is 7.11 Å². The van der Waals surface area contributed by atoms with E-state index in [1.165, 1.54) is 26.4 Å². The molecule has 0 N–H and O–H groups in total. The van der Waals surface area contributed by atoms with Crippen LogP contribution in [0.25, 0.3) is 0 Å². The summed E-state index contributed by atoms with van der Waals surface area (Å²) in [5.41, 5.74) is 0.433. The zero-order valence-electron chi connectivity index (χ0n) is 8.73. The minimum absolute atomic E-state index is 0.347. The highest BCUT2D eigenvalue weighted by molar-refractivity contribution is 6.17. The maximum absolute atomic E-state index is 10.2. The van der Waals surface area contributed by atoms with E-state index in [2.05, 4.69) is 18.2 Å². The molecule has 0 aliphatic heterocycles. The van der Waals surface area contributed by atoms with Crippen molar-refractivity contribution in [2.24, 2.45) is 0 Å². The lowest BCUT2D eigenvalue weighted by Gasteiger charge is -1.91. The van der Waals surface area contributed by atoms with Gasteiger partial charge in [-0.15, -0.1) is 11.6 Å². The Hall–Kier alpha value is -0.500. The predicted octanol–water partition coefficient (Wildman–Crippen LogP) is 3.15. The van der Waals surface area contributed by atoms with Crippen LogP contribution in [0.5, 0.6) is 0 Å². The van der Waals surface area contributed by atoms with Crippen molar-refractivity contribution in [3.05, 3.63) is 12.2 Å². The van der Waals surface area contributed by atoms with Gasteiger partial charge in [0.25, 0.3) is 0 Å². The lowest BCUT2D eigenvalue weighted by molar-refractivity contribution is -0.136. The first kappa shape index (κ1) is 15.0. The molecular formula is C10H19ClO2. The van der Waals surface area contributed by atoms with Gasteiger partial charge in [-0.3, -0.25) is 0 Å². The fraction of sp³-hybridized carbons (Fsp3) is 0.700. The molecule has 0 atom stereocenters. The molecule has 0 aromatic rings. The second-order valence-electron chi connectivity index (χ2n) is 2.67. The number of ether oxygens (including phenoxy) is 1. The second kappa shape index (κ2) is 11.5. The van der Waals surface area contributed by atoms with Crippen LogP contribution in [-0.4, -0.2) is 19.0 Å². The number of unbranched alkanes of at least 4 members (excludes halogenated alkanes) is 2. The van der Waals surface area contributed by atoms with Crippen LogP contribution in [0.1, 0.15) is 33.1 Å². The first-order chi connectivity index (χ1) is 6.09. The predicted molar refractivity (Wildman–Crippen MR) is 57.1 cm³/mol. The summed E-state index contributed by atoms with van der Waals surface area (Å²) in [4.78, 5) is 10.2. The number of hydrogen-bond donors (Lipinski definition) is 0. The third kappa shape index (κ3) is 14.4. The quantitative estimate of drug-likeness (QED) is 0.306. The molecule has 2 nitrogen and oxygen atoms in total. The first-order valence-electron chi connectivity index (χ1n) is 4.39. The number of carbonyl (C=O) groups excluding carboxylic acids is 1. The lowest BCUT2D eigenvalue weighted by Crippen LogP contribution is -1.98. The van der Waals surface area contributed by atoms with Crippen molar-refractivity contribution < 1.29 is 9.53 Å². The van der Waals surface area contributed by atoms with E-state index in [1.54, 1.807) is 6.92 Å². The van der Waals surface area contributed by atoms with Gasteiger partial charge in [0.1, 0.15) is 0 Å². The van der Waals surface area contributed by atoms with E-state index < -0.39 is 0 Å². The van der Waals surface area contributed by atoms with Gasteiger partial charge >= 0.3 is 5.97 Å². The number of carbonyl (C=O) groups is 1. The minimum Gasteiger partial charge on any atom is -0.466 e. The number of esters is 1. The summed E-state index contributed by atoms with van der Waals surface area (Å²) in [6.07, 6.45) is 3.73. The summed E-state index contributed by atoms with van der Waals surface area (Å²) in [5.74, 6) is 0.480. The molecule has 0 radical (unpaired) electrons. The number of hydrogen-bond acceptors (Lipinski definition) is 2. The fourth-order valence-corrected chi connectivity index (χ4v) is 0.708. The van der Waals surface area contributed by atoms with Crippen LogP contribution in [-0.2, 0) is 9.53 Å². The van der Waals surface area contributed by atoms with Crippen LogP contribution in [0.4, 0.5) is 0 Å². The third-order valence-corrected chi connectivity index (χ3v) is 1.54. The maximum Gasteiger partial charge on any atom is 0.332 e. The molecule has 0 spiro atoms. The zero-order chi connectivity index (χ0) is 10.7. The number of alkyl halides is 1. The van der Waals surface area contributed by atoms with Gasteiger partial charge in [-0.25, -0.2) is 4.79 Å². The van der Waals surface area contributed by atoms with Gasteiger partial charge in [-0.2, -0.15) is 0 Å². The highest BCUT2D eigenvalue weighted by Gasteiger charge is 1.95. The number of rotatable bonds is 4. The molecule has 0 aromatic heterocycles. The Morgan fingerprint density at radius 1 is 1.46 bits per heavy atom. The molecule has 78 valence electrons. The van der Waals surface area contributed by atoms with Gasteiger partial charge in [-0.05, 0) is 13.3 Å². The van der Waals surface area contributed by atoms with Crippen molar-refractivity contribution in [1.82, 2.24) is 0 Å². The van der Waals surface area contributed by atoms with Crippen molar-refractivity contribution in [1.29, 1.82) is 0 Å². The van der Waals surface area contributed by atoms with E-state index in [9.17, 15) is 4.79 Å². The van der Waals surface area contributed by atoms with E-state index in [1.807, 2.05) is 0 Å². The second-order valence-corrected chi connectivity index (χ2v) is 3.05. The Morgan fingerprint density at radius 2 is 2.00 bits per heavy atom. The standard InChI is InChI=1S/C5H11Cl.C5H8O2/c1-2-3-4-5-6;1-4(2)5(6)7-3/h2-5H2,1H3;1H2,2-3H3. The summed E-state index contributed by atoms with van der Waals surface area (Å²) >= 11 is 5.38. The van der Waals surface area contributed by atoms with Crippen molar-refractivity contribution in [3.8, 4) is 0 Å². The summed E-state index contributed by atoms with van der Waals surface area (Å²) in [5, 5.41) is 0. The van der Waals surface area contributed by atoms with Crippen LogP contribution in [0.2, 0.25) is 0 Å². The first-order valence-corrected chi connectivity index (χ1v) is 4.93. The van der Waals surface area contributed by atoms with Crippen molar-refractivity contribution in [2.75, 3.05) is 13.0 Å². The molecule has 0 fully saturated rings. The molecule has 0 heterocycles. The van der Waals surface area contributed by atoms with E-state index in [4.69, 9.17) is 11.6 Å². The number of halogens is 1. The molecular weight excluding hydrogens is 188 g/mol. The van der Waals surface area contributed by atoms with Crippen molar-refractivity contribution in [3.63, 3.8) is 0 Å². The largest absolute Gasteiger partial charge is 0.466 e. The minimum atomic E-state index is -0.347.